The average Bonchev–Trinajstić information content (AvgIpc) is 1.95. The van der Waals surface area contributed by atoms with Crippen molar-refractivity contribution in [2.45, 2.75) is 59.5 Å². The van der Waals surface area contributed by atoms with Crippen LogP contribution in [0.5, 0.6) is 0 Å². The molecule has 0 heterocycles. The summed E-state index contributed by atoms with van der Waals surface area (Å²) in [4.78, 5) is 0. The van der Waals surface area contributed by atoms with Gasteiger partial charge in [-0.15, -0.1) is 0 Å². The van der Waals surface area contributed by atoms with Gasteiger partial charge in [0.15, 0.2) is 0 Å². The summed E-state index contributed by atoms with van der Waals surface area (Å²) in [6.07, 6.45) is 3.32. The zero-order valence-electron chi connectivity index (χ0n) is 9.72. The highest BCUT2D eigenvalue weighted by molar-refractivity contribution is 4.97. The summed E-state index contributed by atoms with van der Waals surface area (Å²) in [5.74, 6) is 1.23. The number of rotatable bonds is 0. The van der Waals surface area contributed by atoms with Gasteiger partial charge in [0.05, 0.1) is 5.60 Å². The van der Waals surface area contributed by atoms with Crippen molar-refractivity contribution in [1.29, 1.82) is 0 Å². The molecule has 3 unspecified atom stereocenters. The van der Waals surface area contributed by atoms with Crippen LogP contribution in [-0.4, -0.2) is 10.7 Å². The van der Waals surface area contributed by atoms with Gasteiger partial charge in [-0.25, -0.2) is 0 Å². The van der Waals surface area contributed by atoms with Crippen molar-refractivity contribution in [3.63, 3.8) is 0 Å². The third-order valence-electron chi connectivity index (χ3n) is 3.89. The van der Waals surface area contributed by atoms with Gasteiger partial charge < -0.3 is 5.11 Å². The van der Waals surface area contributed by atoms with Crippen LogP contribution in [0, 0.1) is 17.3 Å². The van der Waals surface area contributed by atoms with Crippen molar-refractivity contribution >= 4 is 0 Å². The fourth-order valence-corrected chi connectivity index (χ4v) is 2.74. The Kier molecular flexibility index (Phi) is 2.78. The molecular weight excluding hydrogens is 160 g/mol. The lowest BCUT2D eigenvalue weighted by atomic mass is 9.61. The van der Waals surface area contributed by atoms with Gasteiger partial charge in [-0.3, -0.25) is 0 Å². The van der Waals surface area contributed by atoms with Crippen LogP contribution in [0.1, 0.15) is 53.9 Å². The van der Waals surface area contributed by atoms with E-state index in [0.717, 1.165) is 12.3 Å². The second kappa shape index (κ2) is 3.27. The molecule has 0 aromatic carbocycles. The molecule has 1 aliphatic carbocycles. The minimum atomic E-state index is -0.445. The first-order valence-electron chi connectivity index (χ1n) is 5.50. The second-order valence-electron chi connectivity index (χ2n) is 5.95. The summed E-state index contributed by atoms with van der Waals surface area (Å²) in [5, 5.41) is 10.6. The van der Waals surface area contributed by atoms with Crippen molar-refractivity contribution in [2.24, 2.45) is 17.3 Å². The Labute approximate surface area is 82.5 Å². The first kappa shape index (κ1) is 11.0. The summed E-state index contributed by atoms with van der Waals surface area (Å²) < 4.78 is 0. The molecule has 1 rings (SSSR count). The van der Waals surface area contributed by atoms with Crippen LogP contribution < -0.4 is 0 Å². The van der Waals surface area contributed by atoms with Crippen LogP contribution in [0.15, 0.2) is 0 Å². The molecule has 1 saturated carbocycles. The Bertz CT molecular complexity index is 180. The highest BCUT2D eigenvalue weighted by Crippen LogP contribution is 2.46. The summed E-state index contributed by atoms with van der Waals surface area (Å²) in [5.41, 5.74) is -0.425. The van der Waals surface area contributed by atoms with E-state index >= 15 is 0 Å². The highest BCUT2D eigenvalue weighted by atomic mass is 16.3. The lowest BCUT2D eigenvalue weighted by Gasteiger charge is -2.49. The first-order chi connectivity index (χ1) is 5.77. The quantitative estimate of drug-likeness (QED) is 0.613. The fraction of sp³-hybridized carbons (Fsp3) is 1.00. The summed E-state index contributed by atoms with van der Waals surface area (Å²) in [6, 6.07) is 0. The Morgan fingerprint density at radius 1 is 1.23 bits per heavy atom. The maximum absolute atomic E-state index is 10.6. The average molecular weight is 184 g/mol. The molecule has 0 amide bonds. The standard InChI is InChI=1S/C12H24O/c1-9-6-7-12(13,10(2)8-9)11(3,4)5/h9-10,13H,6-8H2,1-5H3. The summed E-state index contributed by atoms with van der Waals surface area (Å²) in [6.45, 7) is 10.9. The van der Waals surface area contributed by atoms with E-state index in [1.807, 2.05) is 0 Å². The smallest absolute Gasteiger partial charge is 0.0721 e. The Morgan fingerprint density at radius 3 is 2.15 bits per heavy atom. The van der Waals surface area contributed by atoms with Gasteiger partial charge in [-0.05, 0) is 36.5 Å². The molecule has 0 bridgehead atoms. The molecule has 0 spiro atoms. The Hall–Kier alpha value is -0.0400. The van der Waals surface area contributed by atoms with Gasteiger partial charge in [0.25, 0.3) is 0 Å². The predicted octanol–water partition coefficient (Wildman–Crippen LogP) is 3.22. The SMILES string of the molecule is CC1CCC(O)(C(C)(C)C)C(C)C1. The molecule has 1 aliphatic rings. The van der Waals surface area contributed by atoms with Gasteiger partial charge in [-0.2, -0.15) is 0 Å². The van der Waals surface area contributed by atoms with Crippen LogP contribution in [0.4, 0.5) is 0 Å². The zero-order chi connectivity index (χ0) is 10.3. The topological polar surface area (TPSA) is 20.2 Å². The van der Waals surface area contributed by atoms with Crippen molar-refractivity contribution in [3.05, 3.63) is 0 Å². The van der Waals surface area contributed by atoms with Crippen molar-refractivity contribution in [1.82, 2.24) is 0 Å². The van der Waals surface area contributed by atoms with E-state index < -0.39 is 5.60 Å². The lowest BCUT2D eigenvalue weighted by molar-refractivity contribution is -0.129. The highest BCUT2D eigenvalue weighted by Gasteiger charge is 2.46. The Balaban J connectivity index is 2.79. The molecule has 0 aromatic heterocycles. The van der Waals surface area contributed by atoms with Crippen molar-refractivity contribution in [3.8, 4) is 0 Å². The number of hydrogen-bond acceptors (Lipinski definition) is 1. The monoisotopic (exact) mass is 184 g/mol. The molecule has 13 heavy (non-hydrogen) atoms. The number of aliphatic hydroxyl groups is 1. The molecule has 3 atom stereocenters. The van der Waals surface area contributed by atoms with Gasteiger partial charge >= 0.3 is 0 Å². The van der Waals surface area contributed by atoms with E-state index in [1.54, 1.807) is 0 Å². The zero-order valence-corrected chi connectivity index (χ0v) is 9.72. The minimum Gasteiger partial charge on any atom is -0.389 e. The van der Waals surface area contributed by atoms with Gasteiger partial charge in [0.2, 0.25) is 0 Å². The van der Waals surface area contributed by atoms with Crippen molar-refractivity contribution in [2.75, 3.05) is 0 Å². The Morgan fingerprint density at radius 2 is 1.77 bits per heavy atom. The molecule has 0 aliphatic heterocycles. The molecule has 1 fully saturated rings. The van der Waals surface area contributed by atoms with E-state index in [2.05, 4.69) is 34.6 Å². The molecule has 1 nitrogen and oxygen atoms in total. The predicted molar refractivity (Wildman–Crippen MR) is 56.6 cm³/mol. The first-order valence-corrected chi connectivity index (χ1v) is 5.50. The van der Waals surface area contributed by atoms with Gasteiger partial charge in [0, 0.05) is 0 Å². The van der Waals surface area contributed by atoms with Crippen LogP contribution >= 0.6 is 0 Å². The fourth-order valence-electron chi connectivity index (χ4n) is 2.74. The van der Waals surface area contributed by atoms with Crippen LogP contribution in [0.3, 0.4) is 0 Å². The van der Waals surface area contributed by atoms with Gasteiger partial charge in [0.1, 0.15) is 0 Å². The van der Waals surface area contributed by atoms with E-state index in [-0.39, 0.29) is 5.41 Å². The molecule has 1 N–H and O–H groups in total. The largest absolute Gasteiger partial charge is 0.389 e. The lowest BCUT2D eigenvalue weighted by Crippen LogP contribution is -2.51. The van der Waals surface area contributed by atoms with Crippen LogP contribution in [0.25, 0.3) is 0 Å². The van der Waals surface area contributed by atoms with E-state index in [9.17, 15) is 5.11 Å². The molecule has 78 valence electrons. The third kappa shape index (κ3) is 1.90. The summed E-state index contributed by atoms with van der Waals surface area (Å²) in [7, 11) is 0. The molecule has 0 aromatic rings. The van der Waals surface area contributed by atoms with Gasteiger partial charge in [-0.1, -0.05) is 34.6 Å². The molecule has 0 saturated heterocycles. The van der Waals surface area contributed by atoms with Crippen molar-refractivity contribution < 1.29 is 5.11 Å². The maximum atomic E-state index is 10.6. The molecule has 0 radical (unpaired) electrons. The minimum absolute atomic E-state index is 0.0204. The molecule has 1 heteroatoms. The second-order valence-corrected chi connectivity index (χ2v) is 5.95. The maximum Gasteiger partial charge on any atom is 0.0721 e. The van der Waals surface area contributed by atoms with E-state index in [0.29, 0.717) is 5.92 Å². The number of hydrogen-bond donors (Lipinski definition) is 1. The van der Waals surface area contributed by atoms with Crippen LogP contribution in [0.2, 0.25) is 0 Å². The van der Waals surface area contributed by atoms with E-state index in [1.165, 1.54) is 12.8 Å². The summed E-state index contributed by atoms with van der Waals surface area (Å²) >= 11 is 0. The normalized spacial score (nSPS) is 42.0. The van der Waals surface area contributed by atoms with Crippen LogP contribution in [-0.2, 0) is 0 Å². The molecular formula is C12H24O. The third-order valence-corrected chi connectivity index (χ3v) is 3.89. The van der Waals surface area contributed by atoms with E-state index in [4.69, 9.17) is 0 Å².